The molecule has 1 amide bonds. The molecule has 0 aliphatic heterocycles. The molecule has 2 aliphatic carbocycles. The second-order valence-electron chi connectivity index (χ2n) is 9.87. The Bertz CT molecular complexity index is 1450. The fourth-order valence-corrected chi connectivity index (χ4v) is 8.31. The van der Waals surface area contributed by atoms with Crippen LogP contribution in [-0.4, -0.2) is 51.5 Å². The Hall–Kier alpha value is -2.12. The van der Waals surface area contributed by atoms with Crippen molar-refractivity contribution in [3.05, 3.63) is 58.1 Å². The van der Waals surface area contributed by atoms with Crippen LogP contribution in [0.15, 0.2) is 35.2 Å². The number of aliphatic hydroxyl groups is 1. The van der Waals surface area contributed by atoms with Crippen molar-refractivity contribution in [2.75, 3.05) is 18.1 Å². The van der Waals surface area contributed by atoms with Crippen molar-refractivity contribution < 1.29 is 35.5 Å². The highest BCUT2D eigenvalue weighted by molar-refractivity contribution is 7.92. The average molecular weight is 577 g/mol. The molecular weight excluding hydrogens is 550 g/mol. The minimum absolute atomic E-state index is 0.0362. The molecule has 13 heteroatoms. The molecule has 8 nitrogen and oxygen atoms in total. The van der Waals surface area contributed by atoms with Gasteiger partial charge in [-0.1, -0.05) is 11.6 Å². The first-order valence-electron chi connectivity index (χ1n) is 11.6. The molecule has 37 heavy (non-hydrogen) atoms. The first-order chi connectivity index (χ1) is 17.1. The Morgan fingerprint density at radius 2 is 1.68 bits per heavy atom. The molecule has 4 rings (SSSR count). The number of carbonyl (C=O) groups is 1. The minimum Gasteiger partial charge on any atom is -0.388 e. The van der Waals surface area contributed by atoms with Crippen LogP contribution >= 0.6 is 11.6 Å². The van der Waals surface area contributed by atoms with Crippen LogP contribution in [0.4, 0.5) is 14.5 Å². The van der Waals surface area contributed by atoms with Crippen molar-refractivity contribution in [3.63, 3.8) is 0 Å². The lowest BCUT2D eigenvalue weighted by atomic mass is 9.74. The molecule has 2 aliphatic rings. The van der Waals surface area contributed by atoms with Crippen LogP contribution in [0.3, 0.4) is 0 Å². The van der Waals surface area contributed by atoms with Gasteiger partial charge >= 0.3 is 0 Å². The number of rotatable bonds is 7. The molecule has 4 atom stereocenters. The van der Waals surface area contributed by atoms with Crippen molar-refractivity contribution >= 4 is 43.1 Å². The van der Waals surface area contributed by atoms with Crippen LogP contribution in [0.1, 0.15) is 41.6 Å². The SMILES string of the molecule is Cc1cc(F)c(F)cc1NC(=O)c1ccc(Cl)c(S(=O)(=O)C2CC3CC[C@@H](C2)C3(O)CNS(C)(=O)=O)c1. The number of sulfone groups is 1. The number of nitrogens with one attached hydrogen (secondary N) is 2. The van der Waals surface area contributed by atoms with Crippen molar-refractivity contribution in [1.82, 2.24) is 4.72 Å². The average Bonchev–Trinajstić information content (AvgIpc) is 2.97. The summed E-state index contributed by atoms with van der Waals surface area (Å²) in [6, 6.07) is 5.54. The summed E-state index contributed by atoms with van der Waals surface area (Å²) in [4.78, 5) is 12.6. The molecule has 2 aromatic carbocycles. The topological polar surface area (TPSA) is 130 Å². The molecule has 2 aromatic rings. The van der Waals surface area contributed by atoms with Crippen molar-refractivity contribution in [2.45, 2.75) is 48.4 Å². The second-order valence-corrected chi connectivity index (χ2v) is 14.3. The standard InChI is InChI=1S/C24H27ClF2N2O6S2/c1-13-7-19(26)20(27)11-21(13)29-23(30)14-3-6-18(25)22(8-14)37(34,35)17-9-15-4-5-16(10-17)24(15,31)12-28-36(2,32)33/h3,6-8,11,15-17,28,31H,4-5,9-10,12H2,1-2H3,(H,29,30)/t15-,16?,17?,24?/m0/s1. The zero-order valence-corrected chi connectivity index (χ0v) is 22.5. The number of hydrogen-bond acceptors (Lipinski definition) is 6. The first kappa shape index (κ1) is 27.9. The van der Waals surface area contributed by atoms with Crippen LogP contribution in [-0.2, 0) is 19.9 Å². The van der Waals surface area contributed by atoms with Crippen molar-refractivity contribution in [1.29, 1.82) is 0 Å². The van der Waals surface area contributed by atoms with Gasteiger partial charge in [0.05, 0.1) is 27.0 Å². The third-order valence-corrected chi connectivity index (χ3v) is 10.8. The van der Waals surface area contributed by atoms with Gasteiger partial charge in [-0.05, 0) is 74.3 Å². The zero-order valence-electron chi connectivity index (χ0n) is 20.1. The van der Waals surface area contributed by atoms with E-state index in [1.807, 2.05) is 0 Å². The van der Waals surface area contributed by atoms with E-state index in [2.05, 4.69) is 10.0 Å². The number of carbonyl (C=O) groups excluding carboxylic acids is 1. The van der Waals surface area contributed by atoms with E-state index in [1.54, 1.807) is 0 Å². The van der Waals surface area contributed by atoms with E-state index < -0.39 is 60.1 Å². The molecular formula is C24H27ClF2N2O6S2. The summed E-state index contributed by atoms with van der Waals surface area (Å²) >= 11 is 6.24. The summed E-state index contributed by atoms with van der Waals surface area (Å²) in [7, 11) is -7.57. The Balaban J connectivity index is 1.57. The quantitative estimate of drug-likeness (QED) is 0.463. The lowest BCUT2D eigenvalue weighted by molar-refractivity contribution is -0.0525. The van der Waals surface area contributed by atoms with Crippen LogP contribution < -0.4 is 10.0 Å². The Morgan fingerprint density at radius 1 is 1.08 bits per heavy atom. The molecule has 2 saturated carbocycles. The highest BCUT2D eigenvalue weighted by Crippen LogP contribution is 2.52. The molecule has 3 N–H and O–H groups in total. The number of hydrogen-bond donors (Lipinski definition) is 3. The van der Waals surface area contributed by atoms with Gasteiger partial charge in [-0.15, -0.1) is 0 Å². The van der Waals surface area contributed by atoms with Gasteiger partial charge in [0.25, 0.3) is 5.91 Å². The third-order valence-electron chi connectivity index (χ3n) is 7.44. The monoisotopic (exact) mass is 576 g/mol. The van der Waals surface area contributed by atoms with E-state index in [0.29, 0.717) is 12.8 Å². The van der Waals surface area contributed by atoms with Crippen LogP contribution in [0.5, 0.6) is 0 Å². The highest BCUT2D eigenvalue weighted by atomic mass is 35.5. The molecule has 0 heterocycles. The molecule has 2 bridgehead atoms. The van der Waals surface area contributed by atoms with Crippen molar-refractivity contribution in [2.24, 2.45) is 11.8 Å². The number of aryl methyl sites for hydroxylation is 1. The fraction of sp³-hybridized carbons (Fsp3) is 0.458. The number of benzene rings is 2. The minimum atomic E-state index is -4.03. The van der Waals surface area contributed by atoms with Crippen LogP contribution in [0, 0.1) is 30.4 Å². The third kappa shape index (κ3) is 5.53. The van der Waals surface area contributed by atoms with Crippen LogP contribution in [0.2, 0.25) is 5.02 Å². The predicted octanol–water partition coefficient (Wildman–Crippen LogP) is 3.42. The molecule has 0 radical (unpaired) electrons. The fourth-order valence-electron chi connectivity index (χ4n) is 5.42. The second kappa shape index (κ2) is 9.88. The number of amides is 1. The van der Waals surface area contributed by atoms with E-state index in [1.165, 1.54) is 19.1 Å². The van der Waals surface area contributed by atoms with Gasteiger partial charge in [0, 0.05) is 23.9 Å². The smallest absolute Gasteiger partial charge is 0.255 e. The predicted molar refractivity (Wildman–Crippen MR) is 135 cm³/mol. The Labute approximate surface area is 219 Å². The van der Waals surface area contributed by atoms with E-state index in [4.69, 9.17) is 11.6 Å². The number of sulfonamides is 1. The van der Waals surface area contributed by atoms with Crippen molar-refractivity contribution in [3.8, 4) is 0 Å². The molecule has 2 fully saturated rings. The lowest BCUT2D eigenvalue weighted by Gasteiger charge is -2.42. The molecule has 202 valence electrons. The Kier molecular flexibility index (Phi) is 7.45. The summed E-state index contributed by atoms with van der Waals surface area (Å²) in [5, 5.41) is 12.7. The summed E-state index contributed by atoms with van der Waals surface area (Å²) in [5.41, 5.74) is -1.07. The van der Waals surface area contributed by atoms with E-state index in [-0.39, 0.29) is 46.1 Å². The van der Waals surface area contributed by atoms with Gasteiger partial charge < -0.3 is 10.4 Å². The zero-order chi connectivity index (χ0) is 27.3. The Morgan fingerprint density at radius 3 is 2.27 bits per heavy atom. The lowest BCUT2D eigenvalue weighted by Crippen LogP contribution is -2.54. The van der Waals surface area contributed by atoms with Gasteiger partial charge in [-0.2, -0.15) is 0 Å². The summed E-state index contributed by atoms with van der Waals surface area (Å²) in [6.45, 7) is 1.30. The number of fused-ring (bicyclic) bond motifs is 2. The van der Waals surface area contributed by atoms with Gasteiger partial charge in [-0.3, -0.25) is 4.79 Å². The first-order valence-corrected chi connectivity index (χ1v) is 15.4. The van der Waals surface area contributed by atoms with Crippen LogP contribution in [0.25, 0.3) is 0 Å². The molecule has 0 aromatic heterocycles. The van der Waals surface area contributed by atoms with E-state index in [0.717, 1.165) is 24.5 Å². The van der Waals surface area contributed by atoms with Gasteiger partial charge in [0.2, 0.25) is 10.0 Å². The molecule has 3 unspecified atom stereocenters. The molecule has 0 spiro atoms. The summed E-state index contributed by atoms with van der Waals surface area (Å²) in [5.74, 6) is -3.79. The largest absolute Gasteiger partial charge is 0.388 e. The maximum Gasteiger partial charge on any atom is 0.255 e. The number of halogens is 3. The van der Waals surface area contributed by atoms with Gasteiger partial charge in [0.15, 0.2) is 21.5 Å². The van der Waals surface area contributed by atoms with Gasteiger partial charge in [-0.25, -0.2) is 30.3 Å². The summed E-state index contributed by atoms with van der Waals surface area (Å²) < 4.78 is 79.7. The maximum absolute atomic E-state index is 13.6. The highest BCUT2D eigenvalue weighted by Gasteiger charge is 2.55. The normalized spacial score (nSPS) is 25.7. The maximum atomic E-state index is 13.6. The van der Waals surface area contributed by atoms with E-state index >= 15 is 0 Å². The summed E-state index contributed by atoms with van der Waals surface area (Å²) in [6.07, 6.45) is 2.33. The molecule has 0 saturated heterocycles. The van der Waals surface area contributed by atoms with E-state index in [9.17, 15) is 35.5 Å². The number of anilines is 1. The van der Waals surface area contributed by atoms with Gasteiger partial charge in [0.1, 0.15) is 0 Å².